The fourth-order valence-corrected chi connectivity index (χ4v) is 3.98. The number of benzene rings is 3. The van der Waals surface area contributed by atoms with Gasteiger partial charge in [-0.05, 0) is 42.6 Å². The van der Waals surface area contributed by atoms with Crippen LogP contribution in [0, 0.1) is 6.92 Å². The van der Waals surface area contributed by atoms with Crippen molar-refractivity contribution in [3.8, 4) is 5.88 Å². The first-order valence-electron chi connectivity index (χ1n) is 11.0. The Balaban J connectivity index is 1.26. The Morgan fingerprint density at radius 1 is 0.844 bits per heavy atom. The molecule has 160 valence electrons. The summed E-state index contributed by atoms with van der Waals surface area (Å²) < 4.78 is 8.05. The first-order valence-corrected chi connectivity index (χ1v) is 11.0. The van der Waals surface area contributed by atoms with E-state index in [1.54, 1.807) is 0 Å². The lowest BCUT2D eigenvalue weighted by molar-refractivity contribution is 0.293. The zero-order valence-corrected chi connectivity index (χ0v) is 18.2. The van der Waals surface area contributed by atoms with E-state index in [9.17, 15) is 0 Å². The van der Waals surface area contributed by atoms with Gasteiger partial charge in [-0.2, -0.15) is 0 Å². The van der Waals surface area contributed by atoms with Gasteiger partial charge in [0.25, 0.3) is 0 Å². The SMILES string of the molecule is Cc1ncc2c3ccccc3c(OCc3cccc(CNCCc4ccccc4)c3)nn12. The molecule has 0 amide bonds. The van der Waals surface area contributed by atoms with Crippen molar-refractivity contribution in [1.29, 1.82) is 0 Å². The van der Waals surface area contributed by atoms with Gasteiger partial charge in [-0.15, -0.1) is 5.10 Å². The molecule has 0 aliphatic rings. The third kappa shape index (κ3) is 4.34. The minimum Gasteiger partial charge on any atom is -0.471 e. The van der Waals surface area contributed by atoms with Crippen molar-refractivity contribution in [2.24, 2.45) is 0 Å². The Labute approximate surface area is 187 Å². The van der Waals surface area contributed by atoms with E-state index in [2.05, 4.69) is 71.0 Å². The van der Waals surface area contributed by atoms with Gasteiger partial charge in [0, 0.05) is 17.3 Å². The van der Waals surface area contributed by atoms with E-state index in [1.165, 1.54) is 11.1 Å². The molecule has 0 spiro atoms. The van der Waals surface area contributed by atoms with Crippen molar-refractivity contribution in [2.75, 3.05) is 6.54 Å². The maximum atomic E-state index is 6.20. The molecule has 0 unspecified atom stereocenters. The van der Waals surface area contributed by atoms with Gasteiger partial charge < -0.3 is 10.1 Å². The van der Waals surface area contributed by atoms with Gasteiger partial charge in [0.1, 0.15) is 12.4 Å². The molecular formula is C27H26N4O. The summed E-state index contributed by atoms with van der Waals surface area (Å²) in [6.45, 7) is 4.20. The number of aryl methyl sites for hydroxylation is 1. The number of fused-ring (bicyclic) bond motifs is 3. The predicted molar refractivity (Wildman–Crippen MR) is 128 cm³/mol. The van der Waals surface area contributed by atoms with Gasteiger partial charge in [0.2, 0.25) is 5.88 Å². The summed E-state index contributed by atoms with van der Waals surface area (Å²) in [5.41, 5.74) is 4.72. The van der Waals surface area contributed by atoms with Crippen LogP contribution in [0.25, 0.3) is 16.3 Å². The molecule has 0 bridgehead atoms. The number of hydrogen-bond donors (Lipinski definition) is 1. The molecule has 2 aromatic heterocycles. The van der Waals surface area contributed by atoms with Gasteiger partial charge >= 0.3 is 0 Å². The molecule has 2 heterocycles. The van der Waals surface area contributed by atoms with Crippen molar-refractivity contribution >= 4 is 16.3 Å². The van der Waals surface area contributed by atoms with Gasteiger partial charge in [0.15, 0.2) is 0 Å². The topological polar surface area (TPSA) is 51.5 Å². The summed E-state index contributed by atoms with van der Waals surface area (Å²) in [6.07, 6.45) is 2.89. The summed E-state index contributed by atoms with van der Waals surface area (Å²) in [5, 5.41) is 10.3. The van der Waals surface area contributed by atoms with Crippen LogP contribution in [-0.2, 0) is 19.6 Å². The van der Waals surface area contributed by atoms with Gasteiger partial charge in [-0.3, -0.25) is 0 Å². The lowest BCUT2D eigenvalue weighted by atomic mass is 10.1. The lowest BCUT2D eigenvalue weighted by Gasteiger charge is -2.11. The van der Waals surface area contributed by atoms with Crippen LogP contribution < -0.4 is 10.1 Å². The summed E-state index contributed by atoms with van der Waals surface area (Å²) in [7, 11) is 0. The van der Waals surface area contributed by atoms with Crippen molar-refractivity contribution in [2.45, 2.75) is 26.5 Å². The third-order valence-electron chi connectivity index (χ3n) is 5.66. The second kappa shape index (κ2) is 9.20. The van der Waals surface area contributed by atoms with Crippen LogP contribution in [0.3, 0.4) is 0 Å². The van der Waals surface area contributed by atoms with Gasteiger partial charge in [-0.25, -0.2) is 9.50 Å². The van der Waals surface area contributed by atoms with E-state index in [0.717, 1.165) is 47.2 Å². The van der Waals surface area contributed by atoms with Crippen LogP contribution in [-0.4, -0.2) is 21.1 Å². The number of aromatic nitrogens is 3. The lowest BCUT2D eigenvalue weighted by Crippen LogP contribution is -2.16. The molecule has 32 heavy (non-hydrogen) atoms. The fourth-order valence-electron chi connectivity index (χ4n) is 3.98. The molecule has 3 aromatic carbocycles. The van der Waals surface area contributed by atoms with E-state index >= 15 is 0 Å². The standard InChI is InChI=1S/C27H26N4O/c1-20-29-18-26-24-12-5-6-13-25(24)27(30-31(20)26)32-19-23-11-7-10-22(16-23)17-28-15-14-21-8-3-2-4-9-21/h2-13,16,18,28H,14-15,17,19H2,1H3. The van der Waals surface area contributed by atoms with Crippen LogP contribution in [0.2, 0.25) is 0 Å². The van der Waals surface area contributed by atoms with Crippen LogP contribution in [0.5, 0.6) is 5.88 Å². The van der Waals surface area contributed by atoms with E-state index in [-0.39, 0.29) is 0 Å². The Hall–Kier alpha value is -3.70. The Kier molecular flexibility index (Phi) is 5.81. The number of imidazole rings is 1. The average molecular weight is 423 g/mol. The second-order valence-electron chi connectivity index (χ2n) is 7.97. The van der Waals surface area contributed by atoms with Crippen molar-refractivity contribution in [3.63, 3.8) is 0 Å². The highest BCUT2D eigenvalue weighted by atomic mass is 16.5. The molecule has 0 saturated heterocycles. The molecule has 0 saturated carbocycles. The number of ether oxygens (including phenoxy) is 1. The van der Waals surface area contributed by atoms with Crippen molar-refractivity contribution in [1.82, 2.24) is 19.9 Å². The number of rotatable bonds is 8. The largest absolute Gasteiger partial charge is 0.471 e. The number of nitrogens with one attached hydrogen (secondary N) is 1. The maximum Gasteiger partial charge on any atom is 0.240 e. The molecule has 0 atom stereocenters. The molecule has 5 heteroatoms. The molecule has 5 nitrogen and oxygen atoms in total. The minimum absolute atomic E-state index is 0.466. The molecule has 0 aliphatic carbocycles. The van der Waals surface area contributed by atoms with Crippen LogP contribution >= 0.6 is 0 Å². The molecule has 0 aliphatic heterocycles. The van der Waals surface area contributed by atoms with Crippen LogP contribution in [0.15, 0.2) is 85.1 Å². The van der Waals surface area contributed by atoms with Crippen molar-refractivity contribution in [3.05, 3.63) is 108 Å². The zero-order valence-electron chi connectivity index (χ0n) is 18.2. The fraction of sp³-hybridized carbons (Fsp3) is 0.185. The Morgan fingerprint density at radius 3 is 2.47 bits per heavy atom. The number of hydrogen-bond acceptors (Lipinski definition) is 4. The third-order valence-corrected chi connectivity index (χ3v) is 5.66. The predicted octanol–water partition coefficient (Wildman–Crippen LogP) is 5.10. The first-order chi connectivity index (χ1) is 15.8. The molecular weight excluding hydrogens is 396 g/mol. The van der Waals surface area contributed by atoms with Gasteiger partial charge in [0.05, 0.1) is 11.7 Å². The molecule has 0 radical (unpaired) electrons. The minimum atomic E-state index is 0.466. The molecule has 1 N–H and O–H groups in total. The molecule has 5 aromatic rings. The molecule has 0 fully saturated rings. The molecule has 5 rings (SSSR count). The Bertz CT molecular complexity index is 1340. The summed E-state index contributed by atoms with van der Waals surface area (Å²) >= 11 is 0. The average Bonchev–Trinajstić information content (AvgIpc) is 3.22. The van der Waals surface area contributed by atoms with Crippen LogP contribution in [0.1, 0.15) is 22.5 Å². The quantitative estimate of drug-likeness (QED) is 0.353. The van der Waals surface area contributed by atoms with E-state index < -0.39 is 0 Å². The van der Waals surface area contributed by atoms with Gasteiger partial charge in [-0.1, -0.05) is 72.8 Å². The highest BCUT2D eigenvalue weighted by Gasteiger charge is 2.12. The smallest absolute Gasteiger partial charge is 0.240 e. The highest BCUT2D eigenvalue weighted by molar-refractivity contribution is 5.98. The normalized spacial score (nSPS) is 11.3. The monoisotopic (exact) mass is 422 g/mol. The Morgan fingerprint density at radius 2 is 1.59 bits per heavy atom. The van der Waals surface area contributed by atoms with E-state index in [4.69, 9.17) is 9.84 Å². The summed E-state index contributed by atoms with van der Waals surface area (Å²) in [5.74, 6) is 1.47. The summed E-state index contributed by atoms with van der Waals surface area (Å²) in [4.78, 5) is 4.41. The number of nitrogens with zero attached hydrogens (tertiary/aromatic N) is 3. The van der Waals surface area contributed by atoms with E-state index in [0.29, 0.717) is 12.5 Å². The highest BCUT2D eigenvalue weighted by Crippen LogP contribution is 2.28. The maximum absolute atomic E-state index is 6.20. The van der Waals surface area contributed by atoms with Crippen molar-refractivity contribution < 1.29 is 4.74 Å². The first kappa shape index (κ1) is 20.2. The van der Waals surface area contributed by atoms with E-state index in [1.807, 2.05) is 35.8 Å². The second-order valence-corrected chi connectivity index (χ2v) is 7.97. The van der Waals surface area contributed by atoms with Crippen LogP contribution in [0.4, 0.5) is 0 Å². The zero-order chi connectivity index (χ0) is 21.8. The summed E-state index contributed by atoms with van der Waals surface area (Å²) in [6, 6.07) is 27.3.